The molecule has 0 spiro atoms. The van der Waals surface area contributed by atoms with Gasteiger partial charge in [-0.15, -0.1) is 0 Å². The third-order valence-corrected chi connectivity index (χ3v) is 3.51. The van der Waals surface area contributed by atoms with Crippen molar-refractivity contribution < 1.29 is 9.18 Å². The fourth-order valence-electron chi connectivity index (χ4n) is 1.71. The zero-order valence-corrected chi connectivity index (χ0v) is 11.9. The Labute approximate surface area is 124 Å². The minimum absolute atomic E-state index is 0.142. The Balaban J connectivity index is 2.09. The van der Waals surface area contributed by atoms with Gasteiger partial charge in [-0.05, 0) is 45.8 Å². The molecule has 3 nitrogen and oxygen atoms in total. The van der Waals surface area contributed by atoms with E-state index in [1.165, 1.54) is 18.2 Å². The maximum atomic E-state index is 13.3. The number of nitrogens with zero attached hydrogens (tertiary/aromatic N) is 1. The molecule has 1 amide bonds. The van der Waals surface area contributed by atoms with Crippen LogP contribution < -0.4 is 5.32 Å². The minimum Gasteiger partial charge on any atom is -0.348 e. The largest absolute Gasteiger partial charge is 0.348 e. The lowest BCUT2D eigenvalue weighted by Gasteiger charge is -2.07. The summed E-state index contributed by atoms with van der Waals surface area (Å²) in [5.74, 6) is -0.858. The van der Waals surface area contributed by atoms with E-state index >= 15 is 0 Å². The summed E-state index contributed by atoms with van der Waals surface area (Å²) in [5, 5.41) is 11.5. The highest BCUT2D eigenvalue weighted by Gasteiger charge is 2.12. The highest BCUT2D eigenvalue weighted by molar-refractivity contribution is 9.10. The van der Waals surface area contributed by atoms with Crippen LogP contribution in [0.15, 0.2) is 46.9 Å². The second-order valence-electron chi connectivity index (χ2n) is 4.10. The number of rotatable bonds is 3. The van der Waals surface area contributed by atoms with Crippen LogP contribution in [0, 0.1) is 17.1 Å². The van der Waals surface area contributed by atoms with E-state index in [0.717, 1.165) is 5.56 Å². The van der Waals surface area contributed by atoms with Crippen LogP contribution in [0.2, 0.25) is 0 Å². The van der Waals surface area contributed by atoms with E-state index in [4.69, 9.17) is 5.26 Å². The standard InChI is InChI=1S/C15H10BrFN2O/c16-14-12(5-2-6-13(14)17)15(20)19-9-11-4-1-3-10(7-11)8-18/h1-7H,9H2,(H,19,20). The highest BCUT2D eigenvalue weighted by Crippen LogP contribution is 2.20. The lowest BCUT2D eigenvalue weighted by molar-refractivity contribution is 0.0949. The van der Waals surface area contributed by atoms with Crippen molar-refractivity contribution in [2.24, 2.45) is 0 Å². The Morgan fingerprint density at radius 1 is 1.30 bits per heavy atom. The summed E-state index contributed by atoms with van der Waals surface area (Å²) >= 11 is 3.05. The molecule has 20 heavy (non-hydrogen) atoms. The summed E-state index contributed by atoms with van der Waals surface area (Å²) in [4.78, 5) is 12.0. The molecule has 0 aliphatic carbocycles. The number of hydrogen-bond acceptors (Lipinski definition) is 2. The van der Waals surface area contributed by atoms with E-state index in [9.17, 15) is 9.18 Å². The predicted octanol–water partition coefficient (Wildman–Crippen LogP) is 3.39. The van der Waals surface area contributed by atoms with Crippen molar-refractivity contribution >= 4 is 21.8 Å². The van der Waals surface area contributed by atoms with Crippen LogP contribution in [-0.4, -0.2) is 5.91 Å². The van der Waals surface area contributed by atoms with E-state index in [0.29, 0.717) is 5.56 Å². The van der Waals surface area contributed by atoms with Crippen molar-refractivity contribution in [3.05, 3.63) is 69.4 Å². The first-order valence-electron chi connectivity index (χ1n) is 5.83. The van der Waals surface area contributed by atoms with Gasteiger partial charge in [-0.2, -0.15) is 5.26 Å². The number of halogens is 2. The second-order valence-corrected chi connectivity index (χ2v) is 4.89. The zero-order chi connectivity index (χ0) is 14.5. The Bertz CT molecular complexity index is 695. The van der Waals surface area contributed by atoms with Crippen molar-refractivity contribution in [2.45, 2.75) is 6.54 Å². The van der Waals surface area contributed by atoms with Crippen LogP contribution in [0.4, 0.5) is 4.39 Å². The molecular formula is C15H10BrFN2O. The molecule has 0 heterocycles. The van der Waals surface area contributed by atoms with Crippen LogP contribution in [0.5, 0.6) is 0 Å². The Morgan fingerprint density at radius 3 is 2.80 bits per heavy atom. The number of nitrogens with one attached hydrogen (secondary N) is 1. The number of nitriles is 1. The average Bonchev–Trinajstić information content (AvgIpc) is 2.48. The van der Waals surface area contributed by atoms with E-state index in [1.54, 1.807) is 18.2 Å². The van der Waals surface area contributed by atoms with E-state index in [-0.39, 0.29) is 22.5 Å². The monoisotopic (exact) mass is 332 g/mol. The number of carbonyl (C=O) groups is 1. The first-order valence-corrected chi connectivity index (χ1v) is 6.62. The molecule has 0 saturated carbocycles. The number of hydrogen-bond donors (Lipinski definition) is 1. The summed E-state index contributed by atoms with van der Waals surface area (Å²) in [6, 6.07) is 13.3. The maximum absolute atomic E-state index is 13.3. The molecule has 2 aromatic rings. The average molecular weight is 333 g/mol. The van der Waals surface area contributed by atoms with Crippen LogP contribution in [0.3, 0.4) is 0 Å². The van der Waals surface area contributed by atoms with Crippen molar-refractivity contribution in [2.75, 3.05) is 0 Å². The molecule has 1 N–H and O–H groups in total. The predicted molar refractivity (Wildman–Crippen MR) is 76.4 cm³/mol. The SMILES string of the molecule is N#Cc1cccc(CNC(=O)c2cccc(F)c2Br)c1. The lowest BCUT2D eigenvalue weighted by Crippen LogP contribution is -2.23. The molecule has 2 rings (SSSR count). The topological polar surface area (TPSA) is 52.9 Å². The van der Waals surface area contributed by atoms with Gasteiger partial charge in [0, 0.05) is 6.54 Å². The van der Waals surface area contributed by atoms with Gasteiger partial charge >= 0.3 is 0 Å². The van der Waals surface area contributed by atoms with Gasteiger partial charge < -0.3 is 5.32 Å². The van der Waals surface area contributed by atoms with Crippen LogP contribution in [0.25, 0.3) is 0 Å². The van der Waals surface area contributed by atoms with Crippen molar-refractivity contribution in [3.63, 3.8) is 0 Å². The molecule has 2 aromatic carbocycles. The van der Waals surface area contributed by atoms with Crippen LogP contribution >= 0.6 is 15.9 Å². The van der Waals surface area contributed by atoms with Gasteiger partial charge in [0.2, 0.25) is 0 Å². The summed E-state index contributed by atoms with van der Waals surface area (Å²) < 4.78 is 13.5. The molecule has 0 bridgehead atoms. The second kappa shape index (κ2) is 6.31. The van der Waals surface area contributed by atoms with Crippen LogP contribution in [0.1, 0.15) is 21.5 Å². The minimum atomic E-state index is -0.482. The van der Waals surface area contributed by atoms with E-state index < -0.39 is 5.82 Å². The molecule has 0 atom stereocenters. The number of carbonyl (C=O) groups excluding carboxylic acids is 1. The van der Waals surface area contributed by atoms with Crippen molar-refractivity contribution in [1.29, 1.82) is 5.26 Å². The zero-order valence-electron chi connectivity index (χ0n) is 10.4. The van der Waals surface area contributed by atoms with E-state index in [1.807, 2.05) is 12.1 Å². The summed E-state index contributed by atoms with van der Waals surface area (Å²) in [6.45, 7) is 0.275. The molecule has 5 heteroatoms. The summed E-state index contributed by atoms with van der Waals surface area (Å²) in [6.07, 6.45) is 0. The molecule has 0 aliphatic rings. The van der Waals surface area contributed by atoms with Crippen molar-refractivity contribution in [1.82, 2.24) is 5.32 Å². The van der Waals surface area contributed by atoms with Gasteiger partial charge in [0.1, 0.15) is 5.82 Å². The third-order valence-electron chi connectivity index (χ3n) is 2.71. The van der Waals surface area contributed by atoms with Crippen molar-refractivity contribution in [3.8, 4) is 6.07 Å². The molecule has 0 unspecified atom stereocenters. The fraction of sp³-hybridized carbons (Fsp3) is 0.0667. The van der Waals surface area contributed by atoms with Gasteiger partial charge in [-0.1, -0.05) is 18.2 Å². The first-order chi connectivity index (χ1) is 9.61. The quantitative estimate of drug-likeness (QED) is 0.936. The fourth-order valence-corrected chi connectivity index (χ4v) is 2.15. The molecule has 0 radical (unpaired) electrons. The number of amides is 1. The van der Waals surface area contributed by atoms with E-state index in [2.05, 4.69) is 21.2 Å². The smallest absolute Gasteiger partial charge is 0.252 e. The maximum Gasteiger partial charge on any atom is 0.252 e. The normalized spacial score (nSPS) is 9.85. The van der Waals surface area contributed by atoms with Gasteiger partial charge in [-0.3, -0.25) is 4.79 Å². The molecular weight excluding hydrogens is 323 g/mol. The number of benzene rings is 2. The first kappa shape index (κ1) is 14.2. The summed E-state index contributed by atoms with van der Waals surface area (Å²) in [7, 11) is 0. The Morgan fingerprint density at radius 2 is 2.05 bits per heavy atom. The Kier molecular flexibility index (Phi) is 4.49. The van der Waals surface area contributed by atoms with Gasteiger partial charge in [0.05, 0.1) is 21.7 Å². The van der Waals surface area contributed by atoms with Gasteiger partial charge in [-0.25, -0.2) is 4.39 Å². The molecule has 100 valence electrons. The van der Waals surface area contributed by atoms with Gasteiger partial charge in [0.25, 0.3) is 5.91 Å². The lowest BCUT2D eigenvalue weighted by atomic mass is 10.1. The third kappa shape index (κ3) is 3.22. The van der Waals surface area contributed by atoms with Gasteiger partial charge in [0.15, 0.2) is 0 Å². The molecule has 0 saturated heterocycles. The molecule has 0 aliphatic heterocycles. The Hall–Kier alpha value is -2.19. The molecule has 0 fully saturated rings. The highest BCUT2D eigenvalue weighted by atomic mass is 79.9. The van der Waals surface area contributed by atoms with Crippen LogP contribution in [-0.2, 0) is 6.54 Å². The molecule has 0 aromatic heterocycles. The summed E-state index contributed by atoms with van der Waals surface area (Å²) in [5.41, 5.74) is 1.58.